The second-order valence-corrected chi connectivity index (χ2v) is 12.5. The molecule has 0 N–H and O–H groups in total. The first kappa shape index (κ1) is 29.1. The Morgan fingerprint density at radius 1 is 0.884 bits per heavy atom. The molecule has 8 nitrogen and oxygen atoms in total. The number of benzene rings is 2. The first-order valence-electron chi connectivity index (χ1n) is 15.9. The molecule has 226 valence electrons. The zero-order valence-electron chi connectivity index (χ0n) is 25.1. The van der Waals surface area contributed by atoms with E-state index in [1.807, 2.05) is 53.6 Å². The van der Waals surface area contributed by atoms with Crippen LogP contribution in [-0.2, 0) is 11.3 Å². The van der Waals surface area contributed by atoms with Gasteiger partial charge in [-0.3, -0.25) is 14.6 Å². The third-order valence-corrected chi connectivity index (χ3v) is 9.67. The van der Waals surface area contributed by atoms with Gasteiger partial charge in [0.1, 0.15) is 11.6 Å². The summed E-state index contributed by atoms with van der Waals surface area (Å²) >= 11 is 0. The van der Waals surface area contributed by atoms with Crippen molar-refractivity contribution in [3.8, 4) is 5.75 Å². The Kier molecular flexibility index (Phi) is 9.20. The van der Waals surface area contributed by atoms with E-state index in [4.69, 9.17) is 4.74 Å². The second kappa shape index (κ2) is 13.6. The van der Waals surface area contributed by atoms with Crippen molar-refractivity contribution in [3.05, 3.63) is 84.3 Å². The number of ether oxygens (including phenoxy) is 1. The SMILES string of the molecule is O=C(CC1CCC1)N1CCC2(CCCN(c3cnccn3)CCN(Cc3ccccc3)C(=O)c3ccccc3OC2)CC1. The lowest BCUT2D eigenvalue weighted by Gasteiger charge is -2.42. The van der Waals surface area contributed by atoms with E-state index < -0.39 is 0 Å². The number of rotatable bonds is 5. The Balaban J connectivity index is 1.25. The number of nitrogens with zero attached hydrogens (tertiary/aromatic N) is 5. The van der Waals surface area contributed by atoms with Gasteiger partial charge in [-0.2, -0.15) is 0 Å². The number of para-hydroxylation sites is 1. The van der Waals surface area contributed by atoms with Crippen LogP contribution in [0.5, 0.6) is 5.75 Å². The minimum Gasteiger partial charge on any atom is -0.492 e. The molecule has 3 heterocycles. The van der Waals surface area contributed by atoms with E-state index in [9.17, 15) is 9.59 Å². The van der Waals surface area contributed by atoms with Crippen LogP contribution < -0.4 is 9.64 Å². The van der Waals surface area contributed by atoms with Crippen molar-refractivity contribution in [1.82, 2.24) is 19.8 Å². The highest BCUT2D eigenvalue weighted by atomic mass is 16.5. The Hall–Kier alpha value is -3.94. The van der Waals surface area contributed by atoms with E-state index in [-0.39, 0.29) is 11.3 Å². The third-order valence-electron chi connectivity index (χ3n) is 9.67. The smallest absolute Gasteiger partial charge is 0.257 e. The summed E-state index contributed by atoms with van der Waals surface area (Å²) in [5.41, 5.74) is 1.61. The summed E-state index contributed by atoms with van der Waals surface area (Å²) in [5.74, 6) is 2.32. The predicted molar refractivity (Wildman–Crippen MR) is 167 cm³/mol. The Labute approximate surface area is 255 Å². The van der Waals surface area contributed by atoms with Gasteiger partial charge in [0.2, 0.25) is 5.91 Å². The topological polar surface area (TPSA) is 78.9 Å². The number of aromatic nitrogens is 2. The highest BCUT2D eigenvalue weighted by Crippen LogP contribution is 2.39. The van der Waals surface area contributed by atoms with Crippen molar-refractivity contribution in [3.63, 3.8) is 0 Å². The average Bonchev–Trinajstić information content (AvgIpc) is 3.04. The fraction of sp³-hybridized carbons (Fsp3) is 0.486. The molecule has 1 aromatic heterocycles. The van der Waals surface area contributed by atoms with Crippen molar-refractivity contribution < 1.29 is 14.3 Å². The van der Waals surface area contributed by atoms with Crippen LogP contribution in [-0.4, -0.2) is 70.9 Å². The van der Waals surface area contributed by atoms with Crippen LogP contribution in [0.1, 0.15) is 67.3 Å². The molecule has 2 aliphatic heterocycles. The molecule has 8 heteroatoms. The first-order valence-corrected chi connectivity index (χ1v) is 15.9. The lowest BCUT2D eigenvalue weighted by atomic mass is 9.75. The number of hydrogen-bond acceptors (Lipinski definition) is 6. The number of anilines is 1. The minimum absolute atomic E-state index is 0.0387. The molecule has 0 unspecified atom stereocenters. The predicted octanol–water partition coefficient (Wildman–Crippen LogP) is 5.60. The molecule has 0 atom stereocenters. The summed E-state index contributed by atoms with van der Waals surface area (Å²) in [5, 5.41) is 0. The van der Waals surface area contributed by atoms with Gasteiger partial charge in [0.05, 0.1) is 18.4 Å². The molecule has 0 bridgehead atoms. The monoisotopic (exact) mass is 581 g/mol. The molecule has 3 aliphatic rings. The van der Waals surface area contributed by atoms with Crippen LogP contribution in [0.3, 0.4) is 0 Å². The summed E-state index contributed by atoms with van der Waals surface area (Å²) in [7, 11) is 0. The first-order chi connectivity index (χ1) is 21.1. The van der Waals surface area contributed by atoms with Gasteiger partial charge < -0.3 is 19.4 Å². The van der Waals surface area contributed by atoms with E-state index >= 15 is 0 Å². The summed E-state index contributed by atoms with van der Waals surface area (Å²) < 4.78 is 6.57. The molecule has 1 spiro atoms. The number of carbonyl (C=O) groups excluding carboxylic acids is 2. The van der Waals surface area contributed by atoms with Gasteiger partial charge in [0.15, 0.2) is 0 Å². The zero-order valence-corrected chi connectivity index (χ0v) is 25.1. The second-order valence-electron chi connectivity index (χ2n) is 12.5. The number of carbonyl (C=O) groups is 2. The summed E-state index contributed by atoms with van der Waals surface area (Å²) in [6.45, 7) is 4.59. The molecule has 3 aromatic rings. The van der Waals surface area contributed by atoms with Crippen LogP contribution in [0.2, 0.25) is 0 Å². The minimum atomic E-state index is -0.0603. The molecule has 1 saturated heterocycles. The third kappa shape index (κ3) is 7.17. The molecule has 2 amide bonds. The number of hydrogen-bond donors (Lipinski definition) is 0. The molecular weight excluding hydrogens is 538 g/mol. The molecule has 6 rings (SSSR count). The van der Waals surface area contributed by atoms with Crippen molar-refractivity contribution >= 4 is 17.6 Å². The summed E-state index contributed by atoms with van der Waals surface area (Å²) in [4.78, 5) is 42.4. The van der Waals surface area contributed by atoms with Crippen LogP contribution in [0, 0.1) is 11.3 Å². The molecular formula is C35H43N5O3. The lowest BCUT2D eigenvalue weighted by Crippen LogP contribution is -2.46. The van der Waals surface area contributed by atoms with Gasteiger partial charge in [-0.15, -0.1) is 0 Å². The van der Waals surface area contributed by atoms with Gasteiger partial charge in [0.25, 0.3) is 5.91 Å². The Morgan fingerprint density at radius 3 is 2.42 bits per heavy atom. The quantitative estimate of drug-likeness (QED) is 0.391. The van der Waals surface area contributed by atoms with E-state index in [0.717, 1.165) is 56.7 Å². The van der Waals surface area contributed by atoms with E-state index in [1.54, 1.807) is 12.4 Å². The lowest BCUT2D eigenvalue weighted by molar-refractivity contribution is -0.135. The number of fused-ring (bicyclic) bond motifs is 1. The zero-order chi connectivity index (χ0) is 29.5. The van der Waals surface area contributed by atoms with Gasteiger partial charge in [-0.1, -0.05) is 48.9 Å². The summed E-state index contributed by atoms with van der Waals surface area (Å²) in [6.07, 6.45) is 13.3. The Bertz CT molecular complexity index is 1360. The summed E-state index contributed by atoms with van der Waals surface area (Å²) in [6, 6.07) is 17.8. The van der Waals surface area contributed by atoms with Crippen LogP contribution >= 0.6 is 0 Å². The normalized spacial score (nSPS) is 19.8. The molecule has 1 aliphatic carbocycles. The van der Waals surface area contributed by atoms with Crippen molar-refractivity contribution in [2.24, 2.45) is 11.3 Å². The van der Waals surface area contributed by atoms with Gasteiger partial charge >= 0.3 is 0 Å². The number of likely N-dealkylation sites (tertiary alicyclic amines) is 1. The van der Waals surface area contributed by atoms with E-state index in [0.29, 0.717) is 55.8 Å². The highest BCUT2D eigenvalue weighted by molar-refractivity contribution is 5.97. The van der Waals surface area contributed by atoms with Crippen LogP contribution in [0.25, 0.3) is 0 Å². The fourth-order valence-electron chi connectivity index (χ4n) is 6.68. The number of piperidine rings is 1. The average molecular weight is 582 g/mol. The fourth-order valence-corrected chi connectivity index (χ4v) is 6.68. The highest BCUT2D eigenvalue weighted by Gasteiger charge is 2.38. The van der Waals surface area contributed by atoms with Gasteiger partial charge in [-0.05, 0) is 62.1 Å². The van der Waals surface area contributed by atoms with Crippen LogP contribution in [0.15, 0.2) is 73.2 Å². The van der Waals surface area contributed by atoms with E-state index in [1.165, 1.54) is 19.3 Å². The standard InChI is InChI=1S/C35H43N5O3/c41-33(24-28-10-6-11-28)39-20-15-35(16-21-39)14-7-19-38(32-25-36-17-18-37-32)22-23-40(26-29-8-2-1-3-9-29)34(42)30-12-4-5-13-31(30)43-27-35/h1-5,8-9,12-13,17-18,25,28H,6-7,10-11,14-16,19-24,26-27H2. The maximum atomic E-state index is 14.1. The maximum absolute atomic E-state index is 14.1. The largest absolute Gasteiger partial charge is 0.492 e. The number of amides is 2. The molecule has 43 heavy (non-hydrogen) atoms. The maximum Gasteiger partial charge on any atom is 0.257 e. The Morgan fingerprint density at radius 2 is 1.67 bits per heavy atom. The molecule has 2 fully saturated rings. The molecule has 1 saturated carbocycles. The van der Waals surface area contributed by atoms with Gasteiger partial charge in [0, 0.05) is 63.5 Å². The van der Waals surface area contributed by atoms with Gasteiger partial charge in [-0.25, -0.2) is 4.98 Å². The molecule has 2 aromatic carbocycles. The van der Waals surface area contributed by atoms with Crippen molar-refractivity contribution in [2.45, 2.75) is 57.9 Å². The van der Waals surface area contributed by atoms with E-state index in [2.05, 4.69) is 31.9 Å². The molecule has 0 radical (unpaired) electrons. The van der Waals surface area contributed by atoms with Crippen molar-refractivity contribution in [2.75, 3.05) is 44.2 Å². The van der Waals surface area contributed by atoms with Crippen molar-refractivity contribution in [1.29, 1.82) is 0 Å². The van der Waals surface area contributed by atoms with Crippen LogP contribution in [0.4, 0.5) is 5.82 Å².